The van der Waals surface area contributed by atoms with Gasteiger partial charge in [-0.3, -0.25) is 0 Å². The Kier molecular flexibility index (Phi) is 5.03. The van der Waals surface area contributed by atoms with E-state index in [0.717, 1.165) is 11.4 Å². The fraction of sp³-hybridized carbons (Fsp3) is 0.125. The molecule has 1 atom stereocenters. The highest BCUT2D eigenvalue weighted by Crippen LogP contribution is 2.26. The molecule has 0 saturated carbocycles. The van der Waals surface area contributed by atoms with E-state index in [9.17, 15) is 0 Å². The van der Waals surface area contributed by atoms with E-state index in [2.05, 4.69) is 52.3 Å². The first-order valence-electron chi connectivity index (χ1n) is 5.87. The maximum atomic E-state index is 5.84. The van der Waals surface area contributed by atoms with Crippen LogP contribution in [0.5, 0.6) is 0 Å². The normalized spacial score (nSPS) is 12.8. The number of rotatable bonds is 4. The van der Waals surface area contributed by atoms with Crippen LogP contribution < -0.4 is 0 Å². The summed E-state index contributed by atoms with van der Waals surface area (Å²) in [6.07, 6.45) is 5.26. The average Bonchev–Trinajstić information content (AvgIpc) is 2.42. The summed E-state index contributed by atoms with van der Waals surface area (Å²) in [6.45, 7) is 0. The molecule has 0 radical (unpaired) electrons. The van der Waals surface area contributed by atoms with Gasteiger partial charge in [0.25, 0.3) is 0 Å². The summed E-state index contributed by atoms with van der Waals surface area (Å²) >= 11 is 9.54. The van der Waals surface area contributed by atoms with Crippen LogP contribution in [0.1, 0.15) is 22.4 Å². The van der Waals surface area contributed by atoms with Crippen molar-refractivity contribution < 1.29 is 0 Å². The number of halogens is 2. The van der Waals surface area contributed by atoms with Crippen LogP contribution in [0, 0.1) is 0 Å². The van der Waals surface area contributed by atoms with Crippen molar-refractivity contribution in [2.75, 3.05) is 0 Å². The summed E-state index contributed by atoms with van der Waals surface area (Å²) in [5, 5.41) is 0.773. The van der Waals surface area contributed by atoms with Crippen molar-refractivity contribution in [1.82, 2.24) is 0 Å². The standard InChI is InChI=1S/C16H14BrCl/c17-16(14-6-2-1-3-7-14)8-4-5-13-9-11-15(18)12-10-13/h1-7,9-12,16H,8H2/b5-4+. The Hall–Kier alpha value is -1.05. The Balaban J connectivity index is 1.93. The van der Waals surface area contributed by atoms with Crippen molar-refractivity contribution in [2.24, 2.45) is 0 Å². The van der Waals surface area contributed by atoms with Crippen LogP contribution in [-0.4, -0.2) is 0 Å². The highest BCUT2D eigenvalue weighted by Gasteiger charge is 2.03. The van der Waals surface area contributed by atoms with Gasteiger partial charge in [0.05, 0.1) is 0 Å². The molecule has 0 spiro atoms. The van der Waals surface area contributed by atoms with Crippen LogP contribution in [0.4, 0.5) is 0 Å². The summed E-state index contributed by atoms with van der Waals surface area (Å²) in [7, 11) is 0. The lowest BCUT2D eigenvalue weighted by Gasteiger charge is -2.06. The molecule has 0 aliphatic carbocycles. The molecule has 0 aromatic heterocycles. The Bertz CT molecular complexity index is 502. The highest BCUT2D eigenvalue weighted by molar-refractivity contribution is 9.09. The fourth-order valence-electron chi connectivity index (χ4n) is 1.70. The van der Waals surface area contributed by atoms with Gasteiger partial charge >= 0.3 is 0 Å². The van der Waals surface area contributed by atoms with E-state index >= 15 is 0 Å². The molecule has 0 bridgehead atoms. The van der Waals surface area contributed by atoms with E-state index in [0.29, 0.717) is 4.83 Å². The van der Waals surface area contributed by atoms with Gasteiger partial charge in [0, 0.05) is 9.85 Å². The molecule has 18 heavy (non-hydrogen) atoms. The largest absolute Gasteiger partial charge is 0.0843 e. The molecule has 0 aliphatic heterocycles. The van der Waals surface area contributed by atoms with Gasteiger partial charge in [0.15, 0.2) is 0 Å². The predicted octanol–water partition coefficient (Wildman–Crippen LogP) is 5.88. The maximum Gasteiger partial charge on any atom is 0.0429 e. The smallest absolute Gasteiger partial charge is 0.0429 e. The monoisotopic (exact) mass is 320 g/mol. The summed E-state index contributed by atoms with van der Waals surface area (Å²) in [5.74, 6) is 0. The lowest BCUT2D eigenvalue weighted by molar-refractivity contribution is 0.993. The molecule has 92 valence electrons. The third-order valence-electron chi connectivity index (χ3n) is 2.68. The van der Waals surface area contributed by atoms with Crippen molar-refractivity contribution in [3.05, 3.63) is 76.8 Å². The summed E-state index contributed by atoms with van der Waals surface area (Å²) in [4.78, 5) is 0.363. The van der Waals surface area contributed by atoms with Gasteiger partial charge < -0.3 is 0 Å². The van der Waals surface area contributed by atoms with Crippen LogP contribution in [0.25, 0.3) is 6.08 Å². The molecule has 2 rings (SSSR count). The van der Waals surface area contributed by atoms with E-state index in [1.807, 2.05) is 30.3 Å². The fourth-order valence-corrected chi connectivity index (χ4v) is 2.34. The van der Waals surface area contributed by atoms with Gasteiger partial charge in [-0.2, -0.15) is 0 Å². The van der Waals surface area contributed by atoms with Crippen LogP contribution in [0.3, 0.4) is 0 Å². The first-order valence-corrected chi connectivity index (χ1v) is 7.16. The molecule has 1 unspecified atom stereocenters. The predicted molar refractivity (Wildman–Crippen MR) is 83.2 cm³/mol. The minimum absolute atomic E-state index is 0.363. The molecule has 0 saturated heterocycles. The van der Waals surface area contributed by atoms with E-state index < -0.39 is 0 Å². The Morgan fingerprint density at radius 1 is 1.00 bits per heavy atom. The first kappa shape index (κ1) is 13.4. The number of hydrogen-bond donors (Lipinski definition) is 0. The molecule has 2 aromatic rings. The van der Waals surface area contributed by atoms with Crippen molar-refractivity contribution in [2.45, 2.75) is 11.2 Å². The van der Waals surface area contributed by atoms with E-state index in [1.54, 1.807) is 0 Å². The molecule has 0 N–H and O–H groups in total. The van der Waals surface area contributed by atoms with Crippen molar-refractivity contribution >= 4 is 33.6 Å². The van der Waals surface area contributed by atoms with Gasteiger partial charge in [-0.05, 0) is 29.7 Å². The SMILES string of the molecule is Clc1ccc(/C=C/CC(Br)c2ccccc2)cc1. The van der Waals surface area contributed by atoms with Crippen molar-refractivity contribution in [1.29, 1.82) is 0 Å². The third kappa shape index (κ3) is 4.01. The summed E-state index contributed by atoms with van der Waals surface area (Å²) in [6, 6.07) is 18.3. The summed E-state index contributed by atoms with van der Waals surface area (Å²) in [5.41, 5.74) is 2.48. The number of hydrogen-bond acceptors (Lipinski definition) is 0. The minimum Gasteiger partial charge on any atom is -0.0843 e. The number of alkyl halides is 1. The van der Waals surface area contributed by atoms with Gasteiger partial charge in [0.2, 0.25) is 0 Å². The molecule has 0 heterocycles. The van der Waals surface area contributed by atoms with Crippen LogP contribution in [0.2, 0.25) is 5.02 Å². The van der Waals surface area contributed by atoms with Crippen molar-refractivity contribution in [3.8, 4) is 0 Å². The second-order valence-electron chi connectivity index (χ2n) is 4.07. The molecule has 0 nitrogen and oxygen atoms in total. The molecule has 0 amide bonds. The van der Waals surface area contributed by atoms with Crippen LogP contribution in [-0.2, 0) is 0 Å². The second kappa shape index (κ2) is 6.77. The average molecular weight is 322 g/mol. The second-order valence-corrected chi connectivity index (χ2v) is 5.61. The lowest BCUT2D eigenvalue weighted by atomic mass is 10.1. The molecule has 2 heteroatoms. The van der Waals surface area contributed by atoms with Gasteiger partial charge in [-0.25, -0.2) is 0 Å². The zero-order valence-electron chi connectivity index (χ0n) is 9.89. The van der Waals surface area contributed by atoms with Gasteiger partial charge in [-0.15, -0.1) is 0 Å². The van der Waals surface area contributed by atoms with E-state index in [4.69, 9.17) is 11.6 Å². The topological polar surface area (TPSA) is 0 Å². The molecule has 2 aromatic carbocycles. The zero-order chi connectivity index (χ0) is 12.8. The maximum absolute atomic E-state index is 5.84. The molecule has 0 aliphatic rings. The lowest BCUT2D eigenvalue weighted by Crippen LogP contribution is -1.86. The first-order chi connectivity index (χ1) is 8.75. The quantitative estimate of drug-likeness (QED) is 0.617. The third-order valence-corrected chi connectivity index (χ3v) is 3.84. The molecule has 0 fully saturated rings. The number of allylic oxidation sites excluding steroid dienone is 1. The Labute approximate surface area is 121 Å². The van der Waals surface area contributed by atoms with Crippen LogP contribution in [0.15, 0.2) is 60.7 Å². The Morgan fingerprint density at radius 2 is 1.67 bits per heavy atom. The molecular weight excluding hydrogens is 308 g/mol. The van der Waals surface area contributed by atoms with Crippen molar-refractivity contribution in [3.63, 3.8) is 0 Å². The number of benzene rings is 2. The van der Waals surface area contributed by atoms with E-state index in [1.165, 1.54) is 11.1 Å². The Morgan fingerprint density at radius 3 is 2.33 bits per heavy atom. The minimum atomic E-state index is 0.363. The van der Waals surface area contributed by atoms with Gasteiger partial charge in [0.1, 0.15) is 0 Å². The summed E-state index contributed by atoms with van der Waals surface area (Å²) < 4.78 is 0. The van der Waals surface area contributed by atoms with Gasteiger partial charge in [-0.1, -0.05) is 82.1 Å². The van der Waals surface area contributed by atoms with E-state index in [-0.39, 0.29) is 0 Å². The van der Waals surface area contributed by atoms with Crippen LogP contribution >= 0.6 is 27.5 Å². The molecular formula is C16H14BrCl. The zero-order valence-corrected chi connectivity index (χ0v) is 12.2. The highest BCUT2D eigenvalue weighted by atomic mass is 79.9.